The number of hydrazine groups is 1. The molecule has 6 heteroatoms. The van der Waals surface area contributed by atoms with Crippen molar-refractivity contribution in [3.8, 4) is 0 Å². The van der Waals surface area contributed by atoms with Gasteiger partial charge in [-0.25, -0.2) is 15.4 Å². The molecule has 1 atom stereocenters. The number of nitrogens with one attached hydrogen (secondary N) is 2. The molecule has 5 nitrogen and oxygen atoms in total. The number of amidine groups is 1. The van der Waals surface area contributed by atoms with Crippen LogP contribution in [0, 0.1) is 0 Å². The summed E-state index contributed by atoms with van der Waals surface area (Å²) in [6.45, 7) is 8.23. The van der Waals surface area contributed by atoms with E-state index in [2.05, 4.69) is 48.4 Å². The van der Waals surface area contributed by atoms with Crippen molar-refractivity contribution < 1.29 is 0 Å². The first-order chi connectivity index (χ1) is 6.99. The van der Waals surface area contributed by atoms with Gasteiger partial charge in [-0.2, -0.15) is 0 Å². The molecular weight excluding hydrogens is 214 g/mol. The maximum absolute atomic E-state index is 5.75. The number of halogens is 1. The highest BCUT2D eigenvalue weighted by molar-refractivity contribution is 6.65. The fourth-order valence-corrected chi connectivity index (χ4v) is 1.32. The van der Waals surface area contributed by atoms with E-state index < -0.39 is 0 Å². The summed E-state index contributed by atoms with van der Waals surface area (Å²) < 4.78 is 0. The van der Waals surface area contributed by atoms with Gasteiger partial charge in [0.05, 0.1) is 0 Å². The van der Waals surface area contributed by atoms with Crippen LogP contribution in [-0.2, 0) is 0 Å². The van der Waals surface area contributed by atoms with Crippen LogP contribution < -0.4 is 10.7 Å². The van der Waals surface area contributed by atoms with Crippen molar-refractivity contribution in [2.24, 2.45) is 9.98 Å². The lowest BCUT2D eigenvalue weighted by Gasteiger charge is -2.32. The molecule has 0 radical (unpaired) electrons. The van der Waals surface area contributed by atoms with Crippen LogP contribution in [0.1, 0.15) is 27.7 Å². The molecule has 1 aliphatic heterocycles. The Labute approximate surface area is 95.6 Å². The first kappa shape index (κ1) is 12.4. The Bertz CT molecular complexity index is 261. The zero-order valence-electron chi connectivity index (χ0n) is 9.53. The molecule has 0 spiro atoms. The number of nitrogens with zero attached hydrogens (tertiary/aromatic N) is 3. The van der Waals surface area contributed by atoms with Crippen molar-refractivity contribution in [3.05, 3.63) is 0 Å². The summed E-state index contributed by atoms with van der Waals surface area (Å²) in [6, 6.07) is 0.645. The van der Waals surface area contributed by atoms with E-state index in [4.69, 9.17) is 11.6 Å². The highest BCUT2D eigenvalue weighted by atomic mass is 35.5. The lowest BCUT2D eigenvalue weighted by Crippen LogP contribution is -2.55. The Hall–Kier alpha value is -0.650. The fourth-order valence-electron chi connectivity index (χ4n) is 1.19. The summed E-state index contributed by atoms with van der Waals surface area (Å²) in [7, 11) is 0. The summed E-state index contributed by atoms with van der Waals surface area (Å²) in [5.41, 5.74) is 3.21. The van der Waals surface area contributed by atoms with E-state index in [9.17, 15) is 0 Å². The Morgan fingerprint density at radius 3 is 2.53 bits per heavy atom. The molecule has 0 saturated carbocycles. The van der Waals surface area contributed by atoms with E-state index in [0.29, 0.717) is 12.1 Å². The van der Waals surface area contributed by atoms with Crippen molar-refractivity contribution in [2.75, 3.05) is 0 Å². The molecule has 15 heavy (non-hydrogen) atoms. The van der Waals surface area contributed by atoms with Crippen molar-refractivity contribution in [1.29, 1.82) is 0 Å². The topological polar surface area (TPSA) is 52.0 Å². The Morgan fingerprint density at radius 1 is 1.33 bits per heavy atom. The van der Waals surface area contributed by atoms with Crippen LogP contribution >= 0.6 is 11.6 Å². The average molecular weight is 232 g/mol. The summed E-state index contributed by atoms with van der Waals surface area (Å²) in [5, 5.41) is 5.36. The molecule has 2 N–H and O–H groups in total. The minimum absolute atomic E-state index is 0.197. The number of hydrogen-bond acceptors (Lipinski definition) is 5. The van der Waals surface area contributed by atoms with Gasteiger partial charge in [0.2, 0.25) is 5.29 Å². The minimum atomic E-state index is -0.197. The summed E-state index contributed by atoms with van der Waals surface area (Å²) in [5.74, 6) is 0. The van der Waals surface area contributed by atoms with Crippen molar-refractivity contribution in [3.63, 3.8) is 0 Å². The van der Waals surface area contributed by atoms with Crippen LogP contribution in [0.3, 0.4) is 0 Å². The number of rotatable bonds is 4. The molecule has 1 aliphatic rings. The van der Waals surface area contributed by atoms with Crippen LogP contribution in [0.25, 0.3) is 0 Å². The highest BCUT2D eigenvalue weighted by Crippen LogP contribution is 2.04. The van der Waals surface area contributed by atoms with Crippen molar-refractivity contribution >= 4 is 23.2 Å². The smallest absolute Gasteiger partial charge is 0.222 e. The van der Waals surface area contributed by atoms with Crippen LogP contribution in [-0.4, -0.2) is 35.0 Å². The van der Waals surface area contributed by atoms with Gasteiger partial charge in [0.15, 0.2) is 6.29 Å². The van der Waals surface area contributed by atoms with Crippen LogP contribution in [0.5, 0.6) is 0 Å². The third-order valence-corrected chi connectivity index (χ3v) is 1.87. The van der Waals surface area contributed by atoms with Gasteiger partial charge in [0, 0.05) is 12.1 Å². The lowest BCUT2D eigenvalue weighted by atomic mass is 10.4. The Morgan fingerprint density at radius 2 is 2.00 bits per heavy atom. The molecule has 1 unspecified atom stereocenters. The molecule has 86 valence electrons. The quantitative estimate of drug-likeness (QED) is 0.713. The van der Waals surface area contributed by atoms with E-state index in [1.807, 2.05) is 5.01 Å². The first-order valence-electron chi connectivity index (χ1n) is 5.07. The molecule has 1 rings (SSSR count). The van der Waals surface area contributed by atoms with E-state index in [0.717, 1.165) is 0 Å². The van der Waals surface area contributed by atoms with Gasteiger partial charge in [-0.1, -0.05) is 0 Å². The summed E-state index contributed by atoms with van der Waals surface area (Å²) in [4.78, 5) is 8.13. The van der Waals surface area contributed by atoms with Gasteiger partial charge in [0.25, 0.3) is 0 Å². The Kier molecular flexibility index (Phi) is 4.50. The normalized spacial score (nSPS) is 21.4. The van der Waals surface area contributed by atoms with Gasteiger partial charge in [-0.3, -0.25) is 10.3 Å². The molecule has 0 aliphatic carbocycles. The standard InChI is InChI=1S/C9H18ClN5/c1-6(2)12-9-13-8(10)11-5-15(9)14-7(3)4/h5-7,9,12,14H,1-4H3. The van der Waals surface area contributed by atoms with Crippen LogP contribution in [0.4, 0.5) is 0 Å². The molecule has 0 aromatic heterocycles. The van der Waals surface area contributed by atoms with Crippen molar-refractivity contribution in [2.45, 2.75) is 46.1 Å². The first-order valence-corrected chi connectivity index (χ1v) is 5.45. The predicted octanol–water partition coefficient (Wildman–Crippen LogP) is 1.12. The maximum Gasteiger partial charge on any atom is 0.222 e. The second-order valence-corrected chi connectivity index (χ2v) is 4.37. The lowest BCUT2D eigenvalue weighted by molar-refractivity contribution is 0.177. The Balaban J connectivity index is 2.64. The van der Waals surface area contributed by atoms with Gasteiger partial charge in [-0.05, 0) is 39.3 Å². The van der Waals surface area contributed by atoms with Gasteiger partial charge < -0.3 is 0 Å². The minimum Gasteiger partial charge on any atom is -0.275 e. The SMILES string of the molecule is CC(C)NC1N=C(Cl)N=CN1NC(C)C. The monoisotopic (exact) mass is 231 g/mol. The van der Waals surface area contributed by atoms with E-state index in [-0.39, 0.29) is 11.6 Å². The van der Waals surface area contributed by atoms with E-state index in [1.165, 1.54) is 0 Å². The third-order valence-electron chi connectivity index (χ3n) is 1.67. The largest absolute Gasteiger partial charge is 0.275 e. The second-order valence-electron chi connectivity index (χ2n) is 4.03. The number of hydrogen-bond donors (Lipinski definition) is 2. The molecule has 1 heterocycles. The van der Waals surface area contributed by atoms with Crippen molar-refractivity contribution in [1.82, 2.24) is 15.8 Å². The van der Waals surface area contributed by atoms with Gasteiger partial charge in [0.1, 0.15) is 6.34 Å². The second kappa shape index (κ2) is 5.44. The fraction of sp³-hybridized carbons (Fsp3) is 0.778. The number of aliphatic imine (C=N–C) groups is 2. The molecule has 0 amide bonds. The molecular formula is C9H18ClN5. The highest BCUT2D eigenvalue weighted by Gasteiger charge is 2.19. The summed E-state index contributed by atoms with van der Waals surface area (Å²) in [6.07, 6.45) is 1.45. The molecule has 0 bridgehead atoms. The molecule has 0 aromatic carbocycles. The van der Waals surface area contributed by atoms with Gasteiger partial charge >= 0.3 is 0 Å². The zero-order chi connectivity index (χ0) is 11.4. The maximum atomic E-state index is 5.75. The summed E-state index contributed by atoms with van der Waals surface area (Å²) >= 11 is 5.75. The molecule has 0 saturated heterocycles. The van der Waals surface area contributed by atoms with Gasteiger partial charge in [-0.15, -0.1) is 0 Å². The third kappa shape index (κ3) is 4.15. The predicted molar refractivity (Wildman–Crippen MR) is 64.0 cm³/mol. The molecule has 0 fully saturated rings. The molecule has 0 aromatic rings. The zero-order valence-corrected chi connectivity index (χ0v) is 10.3. The van der Waals surface area contributed by atoms with E-state index >= 15 is 0 Å². The average Bonchev–Trinajstić information content (AvgIpc) is 2.08. The van der Waals surface area contributed by atoms with Crippen LogP contribution in [0.2, 0.25) is 0 Å². The van der Waals surface area contributed by atoms with Crippen LogP contribution in [0.15, 0.2) is 9.98 Å². The van der Waals surface area contributed by atoms with E-state index in [1.54, 1.807) is 6.34 Å².